The van der Waals surface area contributed by atoms with Crippen LogP contribution in [0.2, 0.25) is 0 Å². The Labute approximate surface area is 135 Å². The van der Waals surface area contributed by atoms with Gasteiger partial charge in [-0.2, -0.15) is 0 Å². The van der Waals surface area contributed by atoms with E-state index in [1.165, 1.54) is 0 Å². The molecule has 114 valence electrons. The molecule has 2 aromatic rings. The third-order valence-electron chi connectivity index (χ3n) is 3.32. The van der Waals surface area contributed by atoms with Gasteiger partial charge in [0, 0.05) is 30.4 Å². The van der Waals surface area contributed by atoms with Crippen LogP contribution in [-0.4, -0.2) is 22.8 Å². The second-order valence-corrected chi connectivity index (χ2v) is 5.70. The Hall–Kier alpha value is -2.28. The van der Waals surface area contributed by atoms with Gasteiger partial charge in [-0.25, -0.2) is 9.78 Å². The highest BCUT2D eigenvalue weighted by Crippen LogP contribution is 2.36. The summed E-state index contributed by atoms with van der Waals surface area (Å²) in [5, 5.41) is 14.4. The number of fused-ring (bicyclic) bond motifs is 1. The van der Waals surface area contributed by atoms with E-state index in [0.29, 0.717) is 18.8 Å². The number of aromatic nitrogens is 1. The molecule has 1 aromatic heterocycles. The second kappa shape index (κ2) is 6.23. The molecule has 0 atom stereocenters. The average molecular weight is 364 g/mol. The van der Waals surface area contributed by atoms with Crippen LogP contribution >= 0.6 is 15.9 Å². The summed E-state index contributed by atoms with van der Waals surface area (Å²) in [4.78, 5) is 15.1. The fraction of sp³-hybridized carbons (Fsp3) is 0.200. The normalized spacial score (nSPS) is 12.4. The molecule has 1 aliphatic heterocycles. The maximum absolute atomic E-state index is 10.7. The van der Waals surface area contributed by atoms with Gasteiger partial charge < -0.3 is 15.2 Å². The zero-order valence-corrected chi connectivity index (χ0v) is 13.2. The van der Waals surface area contributed by atoms with Crippen molar-refractivity contribution in [3.63, 3.8) is 0 Å². The maximum atomic E-state index is 10.7. The number of amides is 1. The van der Waals surface area contributed by atoms with Crippen molar-refractivity contribution in [1.29, 1.82) is 0 Å². The molecular formula is C15H14BrN3O3. The lowest BCUT2D eigenvalue weighted by Crippen LogP contribution is -2.08. The van der Waals surface area contributed by atoms with Gasteiger partial charge in [0.15, 0.2) is 0 Å². The van der Waals surface area contributed by atoms with Crippen LogP contribution in [0.4, 0.5) is 16.3 Å². The van der Waals surface area contributed by atoms with Crippen LogP contribution in [0.25, 0.3) is 0 Å². The van der Waals surface area contributed by atoms with Crippen molar-refractivity contribution in [3.05, 3.63) is 46.1 Å². The Bertz CT molecular complexity index is 721. The summed E-state index contributed by atoms with van der Waals surface area (Å²) in [7, 11) is 0. The molecule has 1 aliphatic rings. The number of nitrogens with zero attached hydrogens (tertiary/aromatic N) is 1. The first kappa shape index (κ1) is 14.6. The summed E-state index contributed by atoms with van der Waals surface area (Å²) >= 11 is 3.43. The molecule has 0 bridgehead atoms. The molecule has 7 heteroatoms. The van der Waals surface area contributed by atoms with Crippen molar-refractivity contribution >= 4 is 33.5 Å². The van der Waals surface area contributed by atoms with Gasteiger partial charge in [0.1, 0.15) is 11.6 Å². The van der Waals surface area contributed by atoms with E-state index in [2.05, 4.69) is 31.5 Å². The molecule has 3 N–H and O–H groups in total. The minimum Gasteiger partial charge on any atom is -0.492 e. The number of benzene rings is 1. The number of anilines is 2. The van der Waals surface area contributed by atoms with Crippen LogP contribution in [-0.2, 0) is 13.0 Å². The molecule has 0 saturated carbocycles. The van der Waals surface area contributed by atoms with Crippen molar-refractivity contribution in [2.75, 3.05) is 17.2 Å². The van der Waals surface area contributed by atoms with Gasteiger partial charge in [0.05, 0.1) is 11.1 Å². The lowest BCUT2D eigenvalue weighted by atomic mass is 10.1. The summed E-state index contributed by atoms with van der Waals surface area (Å²) < 4.78 is 6.44. The maximum Gasteiger partial charge on any atom is 0.409 e. The largest absolute Gasteiger partial charge is 0.492 e. The monoisotopic (exact) mass is 363 g/mol. The van der Waals surface area contributed by atoms with E-state index < -0.39 is 6.09 Å². The number of halogens is 1. The second-order valence-electron chi connectivity index (χ2n) is 4.84. The van der Waals surface area contributed by atoms with Gasteiger partial charge in [-0.1, -0.05) is 12.1 Å². The molecule has 6 nitrogen and oxygen atoms in total. The molecule has 1 aromatic carbocycles. The van der Waals surface area contributed by atoms with Crippen LogP contribution in [0, 0.1) is 0 Å². The van der Waals surface area contributed by atoms with Gasteiger partial charge in [-0.3, -0.25) is 5.32 Å². The average Bonchev–Trinajstić information content (AvgIpc) is 2.97. The highest BCUT2D eigenvalue weighted by molar-refractivity contribution is 9.10. The van der Waals surface area contributed by atoms with Crippen molar-refractivity contribution in [2.45, 2.75) is 13.0 Å². The number of ether oxygens (including phenoxy) is 1. The molecule has 22 heavy (non-hydrogen) atoms. The van der Waals surface area contributed by atoms with Crippen LogP contribution in [0.1, 0.15) is 11.1 Å². The third kappa shape index (κ3) is 3.14. The lowest BCUT2D eigenvalue weighted by molar-refractivity contribution is 0.210. The Balaban J connectivity index is 1.73. The quantitative estimate of drug-likeness (QED) is 0.774. The molecule has 0 aliphatic carbocycles. The molecule has 0 spiro atoms. The van der Waals surface area contributed by atoms with Crippen LogP contribution in [0.3, 0.4) is 0 Å². The van der Waals surface area contributed by atoms with Crippen LogP contribution < -0.4 is 15.4 Å². The zero-order valence-electron chi connectivity index (χ0n) is 11.6. The summed E-state index contributed by atoms with van der Waals surface area (Å²) in [5.41, 5.74) is 2.57. The van der Waals surface area contributed by atoms with Crippen molar-refractivity contribution in [1.82, 2.24) is 4.98 Å². The third-order valence-corrected chi connectivity index (χ3v) is 3.89. The SMILES string of the molecule is O=C(O)Nc1cccc(CNc2ncc(Br)c3c2CCO3)c1. The first-order valence-corrected chi connectivity index (χ1v) is 7.56. The van der Waals surface area contributed by atoms with Gasteiger partial charge in [0.25, 0.3) is 0 Å². The van der Waals surface area contributed by atoms with Crippen molar-refractivity contribution < 1.29 is 14.6 Å². The minimum absolute atomic E-state index is 0.545. The highest BCUT2D eigenvalue weighted by Gasteiger charge is 2.20. The standard InChI is InChI=1S/C15H14BrN3O3/c16-12-8-18-14(11-4-5-22-13(11)12)17-7-9-2-1-3-10(6-9)19-15(20)21/h1-3,6,8,19H,4-5,7H2,(H,17,18)(H,20,21). The number of pyridine rings is 1. The molecule has 0 fully saturated rings. The van der Waals surface area contributed by atoms with E-state index in [4.69, 9.17) is 9.84 Å². The summed E-state index contributed by atoms with van der Waals surface area (Å²) in [5.74, 6) is 1.64. The Morgan fingerprint density at radius 1 is 1.45 bits per heavy atom. The van der Waals surface area contributed by atoms with Gasteiger partial charge >= 0.3 is 6.09 Å². The molecule has 2 heterocycles. The number of hydrogen-bond acceptors (Lipinski definition) is 4. The van der Waals surface area contributed by atoms with E-state index >= 15 is 0 Å². The number of carbonyl (C=O) groups is 1. The molecular weight excluding hydrogens is 350 g/mol. The van der Waals surface area contributed by atoms with E-state index in [0.717, 1.165) is 33.6 Å². The topological polar surface area (TPSA) is 83.5 Å². The first-order valence-electron chi connectivity index (χ1n) is 6.76. The smallest absolute Gasteiger partial charge is 0.409 e. The number of rotatable bonds is 4. The van der Waals surface area contributed by atoms with Crippen molar-refractivity contribution in [2.24, 2.45) is 0 Å². The Kier molecular flexibility index (Phi) is 4.15. The molecule has 3 rings (SSSR count). The molecule has 0 saturated heterocycles. The lowest BCUT2D eigenvalue weighted by Gasteiger charge is -2.11. The predicted octanol–water partition coefficient (Wildman–Crippen LogP) is 3.48. The van der Waals surface area contributed by atoms with Crippen LogP contribution in [0.15, 0.2) is 34.9 Å². The zero-order chi connectivity index (χ0) is 15.5. The number of carboxylic acid groups (broad SMARTS) is 1. The first-order chi connectivity index (χ1) is 10.6. The predicted molar refractivity (Wildman–Crippen MR) is 86.6 cm³/mol. The summed E-state index contributed by atoms with van der Waals surface area (Å²) in [6, 6.07) is 7.23. The summed E-state index contributed by atoms with van der Waals surface area (Å²) in [6.45, 7) is 1.21. The van der Waals surface area contributed by atoms with Crippen LogP contribution in [0.5, 0.6) is 5.75 Å². The fourth-order valence-electron chi connectivity index (χ4n) is 2.37. The highest BCUT2D eigenvalue weighted by atomic mass is 79.9. The Morgan fingerprint density at radius 2 is 2.32 bits per heavy atom. The van der Waals surface area contributed by atoms with E-state index in [-0.39, 0.29) is 0 Å². The fourth-order valence-corrected chi connectivity index (χ4v) is 2.83. The molecule has 0 unspecified atom stereocenters. The van der Waals surface area contributed by atoms with Crippen molar-refractivity contribution in [3.8, 4) is 5.75 Å². The van der Waals surface area contributed by atoms with E-state index in [1.54, 1.807) is 18.3 Å². The number of hydrogen-bond donors (Lipinski definition) is 3. The van der Waals surface area contributed by atoms with Gasteiger partial charge in [-0.05, 0) is 33.6 Å². The Morgan fingerprint density at radius 3 is 3.14 bits per heavy atom. The van der Waals surface area contributed by atoms with Gasteiger partial charge in [-0.15, -0.1) is 0 Å². The number of nitrogens with one attached hydrogen (secondary N) is 2. The molecule has 1 amide bonds. The summed E-state index contributed by atoms with van der Waals surface area (Å²) in [6.07, 6.45) is 1.47. The van der Waals surface area contributed by atoms with E-state index in [1.807, 2.05) is 12.1 Å². The molecule has 0 radical (unpaired) electrons. The minimum atomic E-state index is -1.07. The van der Waals surface area contributed by atoms with Gasteiger partial charge in [0.2, 0.25) is 0 Å². The van der Waals surface area contributed by atoms with E-state index in [9.17, 15) is 4.79 Å².